The van der Waals surface area contributed by atoms with Crippen molar-refractivity contribution >= 4 is 12.1 Å². The van der Waals surface area contributed by atoms with Gasteiger partial charge in [0.25, 0.3) is 0 Å². The van der Waals surface area contributed by atoms with Crippen molar-refractivity contribution < 1.29 is 19.4 Å². The maximum atomic E-state index is 11.7. The Kier molecular flexibility index (Phi) is 5.19. The summed E-state index contributed by atoms with van der Waals surface area (Å²) in [6.07, 6.45) is 1.62. The predicted molar refractivity (Wildman–Crippen MR) is 67.2 cm³/mol. The largest absolute Gasteiger partial charge is 0.481 e. The summed E-state index contributed by atoms with van der Waals surface area (Å²) in [6, 6.07) is 0. The predicted octanol–water partition coefficient (Wildman–Crippen LogP) is 1.99. The van der Waals surface area contributed by atoms with Crippen LogP contribution in [-0.2, 0) is 9.53 Å². The molecule has 1 fully saturated rings. The van der Waals surface area contributed by atoms with Gasteiger partial charge in [0.2, 0.25) is 0 Å². The zero-order chi connectivity index (χ0) is 13.7. The van der Waals surface area contributed by atoms with Gasteiger partial charge in [-0.25, -0.2) is 4.79 Å². The van der Waals surface area contributed by atoms with Gasteiger partial charge in [0, 0.05) is 13.1 Å². The summed E-state index contributed by atoms with van der Waals surface area (Å²) in [5, 5.41) is 9.18. The van der Waals surface area contributed by atoms with E-state index in [1.54, 1.807) is 4.90 Å². The highest BCUT2D eigenvalue weighted by Crippen LogP contribution is 2.30. The quantitative estimate of drug-likeness (QED) is 0.780. The van der Waals surface area contributed by atoms with Crippen molar-refractivity contribution in [2.75, 3.05) is 19.7 Å². The maximum Gasteiger partial charge on any atom is 0.410 e. The lowest BCUT2D eigenvalue weighted by molar-refractivity contribution is -0.146. The van der Waals surface area contributed by atoms with Crippen molar-refractivity contribution in [2.24, 2.45) is 17.8 Å². The molecule has 1 aliphatic rings. The van der Waals surface area contributed by atoms with E-state index in [1.165, 1.54) is 6.08 Å². The van der Waals surface area contributed by atoms with Crippen LogP contribution in [0.5, 0.6) is 0 Å². The highest BCUT2D eigenvalue weighted by atomic mass is 16.6. The number of carboxylic acid groups (broad SMARTS) is 1. The van der Waals surface area contributed by atoms with E-state index in [4.69, 9.17) is 4.74 Å². The lowest BCUT2D eigenvalue weighted by Crippen LogP contribution is -2.47. The second-order valence-corrected chi connectivity index (χ2v) is 4.95. The van der Waals surface area contributed by atoms with Crippen LogP contribution in [0.4, 0.5) is 4.79 Å². The third kappa shape index (κ3) is 3.48. The van der Waals surface area contributed by atoms with E-state index in [-0.39, 0.29) is 30.5 Å². The second-order valence-electron chi connectivity index (χ2n) is 4.95. The van der Waals surface area contributed by atoms with Crippen molar-refractivity contribution in [3.63, 3.8) is 0 Å². The number of hydrogen-bond acceptors (Lipinski definition) is 3. The number of carbonyl (C=O) groups excluding carboxylic acids is 1. The highest BCUT2D eigenvalue weighted by Gasteiger charge is 2.37. The topological polar surface area (TPSA) is 66.8 Å². The molecule has 0 bridgehead atoms. The molecule has 0 saturated carbocycles. The Morgan fingerprint density at radius 2 is 2.22 bits per heavy atom. The molecule has 1 rings (SSSR count). The number of amides is 1. The number of piperidine rings is 1. The van der Waals surface area contributed by atoms with Crippen molar-refractivity contribution in [3.8, 4) is 0 Å². The molecule has 18 heavy (non-hydrogen) atoms. The van der Waals surface area contributed by atoms with Crippen LogP contribution in [-0.4, -0.2) is 41.8 Å². The summed E-state index contributed by atoms with van der Waals surface area (Å²) in [6.45, 7) is 8.53. The van der Waals surface area contributed by atoms with Crippen molar-refractivity contribution in [1.29, 1.82) is 0 Å². The summed E-state index contributed by atoms with van der Waals surface area (Å²) in [7, 11) is 0. The van der Waals surface area contributed by atoms with Crippen LogP contribution in [0.1, 0.15) is 20.3 Å². The first-order chi connectivity index (χ1) is 8.47. The highest BCUT2D eigenvalue weighted by molar-refractivity contribution is 5.72. The molecule has 0 radical (unpaired) electrons. The zero-order valence-corrected chi connectivity index (χ0v) is 11.0. The fraction of sp³-hybridized carbons (Fsp3) is 0.692. The lowest BCUT2D eigenvalue weighted by Gasteiger charge is -2.38. The molecule has 1 heterocycles. The van der Waals surface area contributed by atoms with Gasteiger partial charge in [-0.3, -0.25) is 4.79 Å². The SMILES string of the molecule is C=CCOC(=O)N1CC[C@H](C(=O)O)[C@H](C(C)C)C1. The number of ether oxygens (including phenoxy) is 1. The molecule has 0 aromatic heterocycles. The van der Waals surface area contributed by atoms with Gasteiger partial charge >= 0.3 is 12.1 Å². The number of carbonyl (C=O) groups is 2. The van der Waals surface area contributed by atoms with E-state index in [0.29, 0.717) is 19.5 Å². The van der Waals surface area contributed by atoms with Crippen molar-refractivity contribution in [2.45, 2.75) is 20.3 Å². The molecule has 1 saturated heterocycles. The molecule has 0 aliphatic carbocycles. The number of aliphatic carboxylic acids is 1. The van der Waals surface area contributed by atoms with Gasteiger partial charge in [0.15, 0.2) is 0 Å². The number of likely N-dealkylation sites (tertiary alicyclic amines) is 1. The minimum Gasteiger partial charge on any atom is -0.481 e. The van der Waals surface area contributed by atoms with Crippen LogP contribution in [0.3, 0.4) is 0 Å². The van der Waals surface area contributed by atoms with Crippen molar-refractivity contribution in [3.05, 3.63) is 12.7 Å². The Morgan fingerprint density at radius 3 is 2.72 bits per heavy atom. The van der Waals surface area contributed by atoms with E-state index in [2.05, 4.69) is 6.58 Å². The van der Waals surface area contributed by atoms with E-state index in [9.17, 15) is 14.7 Å². The smallest absolute Gasteiger partial charge is 0.410 e. The molecule has 102 valence electrons. The fourth-order valence-corrected chi connectivity index (χ4v) is 2.35. The van der Waals surface area contributed by atoms with E-state index >= 15 is 0 Å². The van der Waals surface area contributed by atoms with Crippen molar-refractivity contribution in [1.82, 2.24) is 4.90 Å². The Hall–Kier alpha value is -1.52. The summed E-state index contributed by atoms with van der Waals surface area (Å²) in [5.74, 6) is -0.935. The lowest BCUT2D eigenvalue weighted by atomic mass is 9.78. The zero-order valence-electron chi connectivity index (χ0n) is 11.0. The van der Waals surface area contributed by atoms with Gasteiger partial charge in [0.1, 0.15) is 6.61 Å². The number of hydrogen-bond donors (Lipinski definition) is 1. The molecule has 0 aromatic carbocycles. The van der Waals surface area contributed by atoms with Crippen LogP contribution >= 0.6 is 0 Å². The van der Waals surface area contributed by atoms with Gasteiger partial charge < -0.3 is 14.7 Å². The first-order valence-electron chi connectivity index (χ1n) is 6.22. The molecular formula is C13H21NO4. The average molecular weight is 255 g/mol. The molecule has 5 nitrogen and oxygen atoms in total. The van der Waals surface area contributed by atoms with Crippen LogP contribution in [0.2, 0.25) is 0 Å². The van der Waals surface area contributed by atoms with Crippen LogP contribution < -0.4 is 0 Å². The molecule has 1 aliphatic heterocycles. The van der Waals surface area contributed by atoms with Gasteiger partial charge in [-0.1, -0.05) is 26.5 Å². The fourth-order valence-electron chi connectivity index (χ4n) is 2.35. The van der Waals surface area contributed by atoms with Gasteiger partial charge in [-0.15, -0.1) is 0 Å². The first-order valence-corrected chi connectivity index (χ1v) is 6.22. The molecule has 2 atom stereocenters. The Morgan fingerprint density at radius 1 is 1.56 bits per heavy atom. The summed E-state index contributed by atoms with van der Waals surface area (Å²) >= 11 is 0. The monoisotopic (exact) mass is 255 g/mol. The average Bonchev–Trinajstić information content (AvgIpc) is 2.34. The third-order valence-corrected chi connectivity index (χ3v) is 3.41. The summed E-state index contributed by atoms with van der Waals surface area (Å²) < 4.78 is 4.98. The molecule has 0 aromatic rings. The number of carboxylic acids is 1. The molecular weight excluding hydrogens is 234 g/mol. The standard InChI is InChI=1S/C13H21NO4/c1-4-7-18-13(17)14-6-5-10(12(15)16)11(8-14)9(2)3/h4,9-11H,1,5-8H2,2-3H3,(H,15,16)/t10-,11-/m0/s1. The Balaban J connectivity index is 2.65. The van der Waals surface area contributed by atoms with E-state index < -0.39 is 5.97 Å². The molecule has 0 spiro atoms. The normalized spacial score (nSPS) is 23.8. The first kappa shape index (κ1) is 14.5. The van der Waals surface area contributed by atoms with Gasteiger partial charge in [0.05, 0.1) is 5.92 Å². The summed E-state index contributed by atoms with van der Waals surface area (Å²) in [5.41, 5.74) is 0. The van der Waals surface area contributed by atoms with Crippen LogP contribution in [0.25, 0.3) is 0 Å². The second kappa shape index (κ2) is 6.42. The van der Waals surface area contributed by atoms with Crippen LogP contribution in [0.15, 0.2) is 12.7 Å². The van der Waals surface area contributed by atoms with Crippen LogP contribution in [0, 0.1) is 17.8 Å². The van der Waals surface area contributed by atoms with E-state index in [1.807, 2.05) is 13.8 Å². The molecule has 5 heteroatoms. The van der Waals surface area contributed by atoms with Gasteiger partial charge in [-0.2, -0.15) is 0 Å². The Bertz CT molecular complexity index is 327. The minimum absolute atomic E-state index is 0.0208. The molecule has 0 unspecified atom stereocenters. The number of rotatable bonds is 4. The third-order valence-electron chi connectivity index (χ3n) is 3.41. The summed E-state index contributed by atoms with van der Waals surface area (Å²) in [4.78, 5) is 24.5. The maximum absolute atomic E-state index is 11.7. The molecule has 1 N–H and O–H groups in total. The van der Waals surface area contributed by atoms with E-state index in [0.717, 1.165) is 0 Å². The Labute approximate surface area is 107 Å². The number of nitrogens with zero attached hydrogens (tertiary/aromatic N) is 1. The minimum atomic E-state index is -0.771. The van der Waals surface area contributed by atoms with Gasteiger partial charge in [-0.05, 0) is 18.3 Å². The molecule has 1 amide bonds.